The number of rotatable bonds is 5. The van der Waals surface area contributed by atoms with E-state index in [1.165, 1.54) is 6.20 Å². The van der Waals surface area contributed by atoms with Crippen LogP contribution in [0.15, 0.2) is 48.7 Å². The summed E-state index contributed by atoms with van der Waals surface area (Å²) in [5, 5.41) is 4.13. The lowest BCUT2D eigenvalue weighted by Gasteiger charge is -2.15. The van der Waals surface area contributed by atoms with Crippen molar-refractivity contribution in [3.63, 3.8) is 0 Å². The molecule has 0 saturated heterocycles. The van der Waals surface area contributed by atoms with Crippen LogP contribution in [0.4, 0.5) is 11.4 Å². The van der Waals surface area contributed by atoms with Gasteiger partial charge in [0, 0.05) is 20.8 Å². The highest BCUT2D eigenvalue weighted by Gasteiger charge is 2.18. The summed E-state index contributed by atoms with van der Waals surface area (Å²) in [7, 11) is 1.60. The zero-order chi connectivity index (χ0) is 17.8. The number of nitrogens with zero attached hydrogens (tertiary/aromatic N) is 1. The summed E-state index contributed by atoms with van der Waals surface area (Å²) in [5.74, 6) is 0.242. The van der Waals surface area contributed by atoms with Crippen LogP contribution in [0.5, 0.6) is 5.75 Å². The first-order chi connectivity index (χ1) is 12.1. The molecular weight excluding hydrogens is 431 g/mol. The molecule has 0 aliphatic carbocycles. The van der Waals surface area contributed by atoms with Gasteiger partial charge in [-0.1, -0.05) is 12.1 Å². The Labute approximate surface area is 159 Å². The lowest BCUT2D eigenvalue weighted by atomic mass is 10.1. The third kappa shape index (κ3) is 3.68. The molecule has 2 aromatic carbocycles. The van der Waals surface area contributed by atoms with Crippen LogP contribution in [-0.4, -0.2) is 24.7 Å². The van der Waals surface area contributed by atoms with E-state index in [0.717, 1.165) is 14.6 Å². The first-order valence-corrected chi connectivity index (χ1v) is 8.87. The Morgan fingerprint density at radius 1 is 1.20 bits per heavy atom. The third-order valence-electron chi connectivity index (χ3n) is 3.69. The Balaban J connectivity index is 2.17. The summed E-state index contributed by atoms with van der Waals surface area (Å²) < 4.78 is 11.7. The molecule has 128 valence electrons. The molecule has 0 aliphatic rings. The van der Waals surface area contributed by atoms with E-state index in [-0.39, 0.29) is 0 Å². The number of hydrogen-bond donors (Lipinski definition) is 1. The van der Waals surface area contributed by atoms with E-state index >= 15 is 0 Å². The number of para-hydroxylation sites is 1. The number of halogens is 1. The quantitative estimate of drug-likeness (QED) is 0.450. The molecule has 0 saturated carbocycles. The van der Waals surface area contributed by atoms with Crippen LogP contribution in [0.2, 0.25) is 0 Å². The number of carbonyl (C=O) groups excluding carboxylic acids is 1. The van der Waals surface area contributed by atoms with Gasteiger partial charge < -0.3 is 14.8 Å². The highest BCUT2D eigenvalue weighted by atomic mass is 127. The average Bonchev–Trinajstić information content (AvgIpc) is 2.63. The van der Waals surface area contributed by atoms with E-state index in [2.05, 4.69) is 32.9 Å². The Kier molecular flexibility index (Phi) is 5.37. The second-order valence-corrected chi connectivity index (χ2v) is 6.50. The molecule has 0 amide bonds. The van der Waals surface area contributed by atoms with Crippen molar-refractivity contribution in [2.75, 3.05) is 19.0 Å². The molecule has 0 aliphatic heterocycles. The number of carbonyl (C=O) groups is 1. The maximum Gasteiger partial charge on any atom is 0.341 e. The normalized spacial score (nSPS) is 10.5. The number of methoxy groups -OCH3 is 1. The van der Waals surface area contributed by atoms with E-state index in [0.29, 0.717) is 29.1 Å². The van der Waals surface area contributed by atoms with Gasteiger partial charge in [0.15, 0.2) is 0 Å². The molecule has 5 nitrogen and oxygen atoms in total. The van der Waals surface area contributed by atoms with Crippen LogP contribution in [0.1, 0.15) is 17.3 Å². The second-order valence-electron chi connectivity index (χ2n) is 5.26. The number of ether oxygens (including phenoxy) is 2. The third-order valence-corrected chi connectivity index (χ3v) is 4.41. The van der Waals surface area contributed by atoms with E-state index in [1.807, 2.05) is 42.5 Å². The largest absolute Gasteiger partial charge is 0.494 e. The fourth-order valence-corrected chi connectivity index (χ4v) is 2.90. The Morgan fingerprint density at radius 3 is 2.64 bits per heavy atom. The number of benzene rings is 2. The minimum absolute atomic E-state index is 0.304. The smallest absolute Gasteiger partial charge is 0.341 e. The fraction of sp³-hybridized carbons (Fsp3) is 0.158. The monoisotopic (exact) mass is 448 g/mol. The first kappa shape index (κ1) is 17.5. The number of pyridine rings is 1. The summed E-state index contributed by atoms with van der Waals surface area (Å²) in [6.45, 7) is 2.08. The van der Waals surface area contributed by atoms with Gasteiger partial charge in [0.1, 0.15) is 16.8 Å². The summed E-state index contributed by atoms with van der Waals surface area (Å²) >= 11 is 2.25. The molecule has 1 aromatic heterocycles. The van der Waals surface area contributed by atoms with E-state index in [1.54, 1.807) is 14.0 Å². The zero-order valence-corrected chi connectivity index (χ0v) is 16.0. The highest BCUT2D eigenvalue weighted by molar-refractivity contribution is 14.1. The summed E-state index contributed by atoms with van der Waals surface area (Å²) in [4.78, 5) is 16.8. The fourth-order valence-electron chi connectivity index (χ4n) is 2.54. The van der Waals surface area contributed by atoms with Crippen molar-refractivity contribution in [1.29, 1.82) is 0 Å². The van der Waals surface area contributed by atoms with Crippen molar-refractivity contribution >= 4 is 50.8 Å². The van der Waals surface area contributed by atoms with Crippen LogP contribution >= 0.6 is 22.6 Å². The number of nitrogens with one attached hydrogen (secondary N) is 1. The molecule has 25 heavy (non-hydrogen) atoms. The Bertz CT molecular complexity index is 910. The second kappa shape index (κ2) is 7.69. The van der Waals surface area contributed by atoms with Gasteiger partial charge in [-0.3, -0.25) is 4.98 Å². The SMILES string of the molecule is CCOC(=O)c1cnc2c(OC)cccc2c1Nc1ccc(I)cc1. The maximum absolute atomic E-state index is 12.4. The maximum atomic E-state index is 12.4. The van der Waals surface area contributed by atoms with Crippen molar-refractivity contribution in [3.8, 4) is 5.75 Å². The molecule has 3 aromatic rings. The number of anilines is 2. The molecule has 0 radical (unpaired) electrons. The van der Waals surface area contributed by atoms with Gasteiger partial charge in [0.25, 0.3) is 0 Å². The molecule has 3 rings (SSSR count). The van der Waals surface area contributed by atoms with Crippen molar-refractivity contribution < 1.29 is 14.3 Å². The number of esters is 1. The standard InChI is InChI=1S/C19H17IN2O3/c1-3-25-19(23)15-11-21-18-14(5-4-6-16(18)24-2)17(15)22-13-9-7-12(20)8-10-13/h4-11H,3H2,1-2H3,(H,21,22). The summed E-state index contributed by atoms with van der Waals surface area (Å²) in [6.07, 6.45) is 1.53. The van der Waals surface area contributed by atoms with Crippen molar-refractivity contribution in [2.24, 2.45) is 0 Å². The van der Waals surface area contributed by atoms with Crippen LogP contribution in [-0.2, 0) is 4.74 Å². The van der Waals surface area contributed by atoms with Crippen molar-refractivity contribution in [3.05, 3.63) is 57.8 Å². The molecule has 0 spiro atoms. The van der Waals surface area contributed by atoms with Crippen LogP contribution in [0.3, 0.4) is 0 Å². The first-order valence-electron chi connectivity index (χ1n) is 7.79. The lowest BCUT2D eigenvalue weighted by molar-refractivity contribution is 0.0527. The molecule has 1 heterocycles. The zero-order valence-electron chi connectivity index (χ0n) is 13.9. The molecular formula is C19H17IN2O3. The minimum atomic E-state index is -0.410. The molecule has 6 heteroatoms. The number of fused-ring (bicyclic) bond motifs is 1. The van der Waals surface area contributed by atoms with Crippen molar-refractivity contribution in [1.82, 2.24) is 4.98 Å². The van der Waals surface area contributed by atoms with Crippen LogP contribution < -0.4 is 10.1 Å². The van der Waals surface area contributed by atoms with Crippen molar-refractivity contribution in [2.45, 2.75) is 6.92 Å². The van der Waals surface area contributed by atoms with E-state index in [9.17, 15) is 4.79 Å². The predicted octanol–water partition coefficient (Wildman–Crippen LogP) is 4.77. The highest BCUT2D eigenvalue weighted by Crippen LogP contribution is 2.33. The number of hydrogen-bond acceptors (Lipinski definition) is 5. The van der Waals surface area contributed by atoms with E-state index < -0.39 is 5.97 Å². The van der Waals surface area contributed by atoms with E-state index in [4.69, 9.17) is 9.47 Å². The minimum Gasteiger partial charge on any atom is -0.494 e. The molecule has 0 atom stereocenters. The average molecular weight is 448 g/mol. The van der Waals surface area contributed by atoms with Gasteiger partial charge in [-0.15, -0.1) is 0 Å². The molecule has 0 bridgehead atoms. The summed E-state index contributed by atoms with van der Waals surface area (Å²) in [6, 6.07) is 13.5. The van der Waals surface area contributed by atoms with Gasteiger partial charge in [-0.05, 0) is 59.8 Å². The van der Waals surface area contributed by atoms with Crippen LogP contribution in [0, 0.1) is 3.57 Å². The Morgan fingerprint density at radius 2 is 1.96 bits per heavy atom. The molecule has 0 unspecified atom stereocenters. The Hall–Kier alpha value is -2.35. The van der Waals surface area contributed by atoms with Crippen LogP contribution in [0.25, 0.3) is 10.9 Å². The number of aromatic nitrogens is 1. The molecule has 0 fully saturated rings. The summed E-state index contributed by atoms with van der Waals surface area (Å²) in [5.41, 5.74) is 2.61. The van der Waals surface area contributed by atoms with Gasteiger partial charge in [0.2, 0.25) is 0 Å². The van der Waals surface area contributed by atoms with Gasteiger partial charge in [-0.2, -0.15) is 0 Å². The molecule has 1 N–H and O–H groups in total. The predicted molar refractivity (Wildman–Crippen MR) is 107 cm³/mol. The van der Waals surface area contributed by atoms with Gasteiger partial charge in [-0.25, -0.2) is 4.79 Å². The lowest BCUT2D eigenvalue weighted by Crippen LogP contribution is -2.09. The van der Waals surface area contributed by atoms with Gasteiger partial charge >= 0.3 is 5.97 Å². The van der Waals surface area contributed by atoms with Gasteiger partial charge in [0.05, 0.1) is 19.4 Å². The topological polar surface area (TPSA) is 60.5 Å².